The number of hydrogen-bond donors (Lipinski definition) is 1. The summed E-state index contributed by atoms with van der Waals surface area (Å²) in [7, 11) is 0. The van der Waals surface area contributed by atoms with Crippen LogP contribution in [0.4, 0.5) is 0 Å². The van der Waals surface area contributed by atoms with E-state index in [9.17, 15) is 4.79 Å². The molecule has 1 N–H and O–H groups in total. The lowest BCUT2D eigenvalue weighted by Gasteiger charge is -2.39. The standard InChI is InChI=1S/C20H27N3O2/c1-4-20(2,3)16-9-11-17(12-10-16)22-18(24)14-5-7-15(8-6-14)19-23-21-13-25-19/h5-8,13,16-17H,4,9-12H2,1-3H3,(H,22,24). The molecule has 0 saturated heterocycles. The van der Waals surface area contributed by atoms with Gasteiger partial charge in [0.05, 0.1) is 0 Å². The fraction of sp³-hybridized carbons (Fsp3) is 0.550. The first-order chi connectivity index (χ1) is 12.0. The molecule has 0 atom stereocenters. The number of hydrogen-bond acceptors (Lipinski definition) is 4. The van der Waals surface area contributed by atoms with Crippen molar-refractivity contribution in [3.8, 4) is 11.5 Å². The molecule has 1 saturated carbocycles. The molecule has 1 amide bonds. The summed E-state index contributed by atoms with van der Waals surface area (Å²) in [6, 6.07) is 7.57. The molecule has 1 aromatic heterocycles. The van der Waals surface area contributed by atoms with Crippen LogP contribution in [0.5, 0.6) is 0 Å². The van der Waals surface area contributed by atoms with Crippen molar-refractivity contribution >= 4 is 5.91 Å². The van der Waals surface area contributed by atoms with Gasteiger partial charge >= 0.3 is 0 Å². The van der Waals surface area contributed by atoms with Crippen LogP contribution in [0, 0.1) is 11.3 Å². The molecule has 1 fully saturated rings. The summed E-state index contributed by atoms with van der Waals surface area (Å²) in [4.78, 5) is 12.5. The second-order valence-corrected chi connectivity index (χ2v) is 7.69. The Bertz CT molecular complexity index is 684. The number of benzene rings is 1. The van der Waals surface area contributed by atoms with Gasteiger partial charge < -0.3 is 9.73 Å². The van der Waals surface area contributed by atoms with Gasteiger partial charge in [0.2, 0.25) is 12.3 Å². The first-order valence-corrected chi connectivity index (χ1v) is 9.17. The quantitative estimate of drug-likeness (QED) is 0.871. The van der Waals surface area contributed by atoms with Crippen LogP contribution in [-0.2, 0) is 0 Å². The van der Waals surface area contributed by atoms with Gasteiger partial charge in [-0.3, -0.25) is 4.79 Å². The fourth-order valence-corrected chi connectivity index (χ4v) is 3.64. The largest absolute Gasteiger partial charge is 0.423 e. The SMILES string of the molecule is CCC(C)(C)C1CCC(NC(=O)c2ccc(-c3nnco3)cc2)CC1. The van der Waals surface area contributed by atoms with E-state index in [2.05, 4.69) is 36.3 Å². The minimum absolute atomic E-state index is 0.00437. The Morgan fingerprint density at radius 2 is 1.88 bits per heavy atom. The Labute approximate surface area is 149 Å². The van der Waals surface area contributed by atoms with E-state index in [1.165, 1.54) is 25.7 Å². The number of nitrogens with one attached hydrogen (secondary N) is 1. The van der Waals surface area contributed by atoms with Gasteiger partial charge in [-0.1, -0.05) is 27.2 Å². The van der Waals surface area contributed by atoms with Crippen molar-refractivity contribution in [1.29, 1.82) is 0 Å². The molecule has 0 aliphatic heterocycles. The van der Waals surface area contributed by atoms with Crippen LogP contribution in [0.3, 0.4) is 0 Å². The van der Waals surface area contributed by atoms with Crippen molar-refractivity contribution in [2.75, 3.05) is 0 Å². The lowest BCUT2D eigenvalue weighted by molar-refractivity contribution is 0.0893. The first kappa shape index (κ1) is 17.6. The molecule has 5 heteroatoms. The highest BCUT2D eigenvalue weighted by atomic mass is 16.4. The van der Waals surface area contributed by atoms with Crippen LogP contribution in [0.1, 0.15) is 63.2 Å². The molecule has 1 aliphatic rings. The molecule has 0 spiro atoms. The van der Waals surface area contributed by atoms with Gasteiger partial charge in [0.1, 0.15) is 0 Å². The van der Waals surface area contributed by atoms with Crippen LogP contribution in [-0.4, -0.2) is 22.1 Å². The topological polar surface area (TPSA) is 68.0 Å². The number of aromatic nitrogens is 2. The van der Waals surface area contributed by atoms with E-state index in [4.69, 9.17) is 4.42 Å². The summed E-state index contributed by atoms with van der Waals surface area (Å²) in [5.74, 6) is 1.22. The highest BCUT2D eigenvalue weighted by Crippen LogP contribution is 2.40. The first-order valence-electron chi connectivity index (χ1n) is 9.17. The number of carbonyl (C=O) groups is 1. The van der Waals surface area contributed by atoms with Crippen molar-refractivity contribution in [3.05, 3.63) is 36.2 Å². The zero-order valence-electron chi connectivity index (χ0n) is 15.3. The molecule has 0 bridgehead atoms. The predicted molar refractivity (Wildman–Crippen MR) is 97.0 cm³/mol. The monoisotopic (exact) mass is 341 g/mol. The van der Waals surface area contributed by atoms with Crippen LogP contribution in [0.25, 0.3) is 11.5 Å². The number of nitrogens with zero attached hydrogens (tertiary/aromatic N) is 2. The zero-order valence-corrected chi connectivity index (χ0v) is 15.3. The summed E-state index contributed by atoms with van der Waals surface area (Å²) in [5.41, 5.74) is 1.88. The molecule has 134 valence electrons. The summed E-state index contributed by atoms with van der Waals surface area (Å²) in [6.45, 7) is 6.99. The summed E-state index contributed by atoms with van der Waals surface area (Å²) >= 11 is 0. The van der Waals surface area contributed by atoms with E-state index >= 15 is 0 Å². The molecule has 25 heavy (non-hydrogen) atoms. The fourth-order valence-electron chi connectivity index (χ4n) is 3.64. The molecule has 2 aromatic rings. The second-order valence-electron chi connectivity index (χ2n) is 7.69. The molecular weight excluding hydrogens is 314 g/mol. The van der Waals surface area contributed by atoms with Crippen molar-refractivity contribution in [2.45, 2.75) is 58.9 Å². The summed E-state index contributed by atoms with van der Waals surface area (Å²) < 4.78 is 5.17. The normalized spacial score (nSPS) is 21.1. The maximum absolute atomic E-state index is 12.5. The lowest BCUT2D eigenvalue weighted by Crippen LogP contribution is -2.39. The third kappa shape index (κ3) is 4.09. The molecule has 0 radical (unpaired) electrons. The van der Waals surface area contributed by atoms with Gasteiger partial charge in [0.15, 0.2) is 0 Å². The third-order valence-corrected chi connectivity index (χ3v) is 5.83. The second kappa shape index (κ2) is 7.38. The molecule has 1 aliphatic carbocycles. The number of rotatable bonds is 5. The Morgan fingerprint density at radius 3 is 2.44 bits per heavy atom. The van der Waals surface area contributed by atoms with Crippen LogP contribution >= 0.6 is 0 Å². The number of amides is 1. The van der Waals surface area contributed by atoms with Gasteiger partial charge in [0.25, 0.3) is 5.91 Å². The van der Waals surface area contributed by atoms with Crippen molar-refractivity contribution < 1.29 is 9.21 Å². The highest BCUT2D eigenvalue weighted by Gasteiger charge is 2.32. The molecular formula is C20H27N3O2. The maximum Gasteiger partial charge on any atom is 0.251 e. The van der Waals surface area contributed by atoms with Crippen molar-refractivity contribution in [1.82, 2.24) is 15.5 Å². The van der Waals surface area contributed by atoms with E-state index in [1.54, 1.807) is 12.1 Å². The minimum atomic E-state index is -0.00437. The molecule has 5 nitrogen and oxygen atoms in total. The highest BCUT2D eigenvalue weighted by molar-refractivity contribution is 5.94. The van der Waals surface area contributed by atoms with E-state index in [-0.39, 0.29) is 11.9 Å². The minimum Gasteiger partial charge on any atom is -0.423 e. The van der Waals surface area contributed by atoms with Gasteiger partial charge in [-0.25, -0.2) is 0 Å². The van der Waals surface area contributed by atoms with Gasteiger partial charge in [-0.15, -0.1) is 10.2 Å². The van der Waals surface area contributed by atoms with E-state index < -0.39 is 0 Å². The van der Waals surface area contributed by atoms with E-state index in [0.29, 0.717) is 16.9 Å². The van der Waals surface area contributed by atoms with Crippen molar-refractivity contribution in [2.24, 2.45) is 11.3 Å². The van der Waals surface area contributed by atoms with E-state index in [1.807, 2.05) is 12.1 Å². The number of carbonyl (C=O) groups excluding carboxylic acids is 1. The summed E-state index contributed by atoms with van der Waals surface area (Å²) in [6.07, 6.45) is 7.04. The van der Waals surface area contributed by atoms with Gasteiger partial charge in [0, 0.05) is 17.2 Å². The molecule has 1 aromatic carbocycles. The Hall–Kier alpha value is -2.17. The average molecular weight is 341 g/mol. The average Bonchev–Trinajstić information content (AvgIpc) is 3.17. The van der Waals surface area contributed by atoms with Crippen molar-refractivity contribution in [3.63, 3.8) is 0 Å². The Kier molecular flexibility index (Phi) is 5.21. The Morgan fingerprint density at radius 1 is 1.20 bits per heavy atom. The van der Waals surface area contributed by atoms with E-state index in [0.717, 1.165) is 24.3 Å². The van der Waals surface area contributed by atoms with Crippen LogP contribution in [0.15, 0.2) is 35.1 Å². The predicted octanol–water partition coefficient (Wildman–Crippen LogP) is 4.46. The summed E-state index contributed by atoms with van der Waals surface area (Å²) in [5, 5.41) is 10.7. The lowest BCUT2D eigenvalue weighted by atomic mass is 9.69. The van der Waals surface area contributed by atoms with Crippen LogP contribution in [0.2, 0.25) is 0 Å². The van der Waals surface area contributed by atoms with Crippen LogP contribution < -0.4 is 5.32 Å². The van der Waals surface area contributed by atoms with Gasteiger partial charge in [-0.2, -0.15) is 0 Å². The molecule has 3 rings (SSSR count). The molecule has 1 heterocycles. The Balaban J connectivity index is 1.55. The zero-order chi connectivity index (χ0) is 17.9. The maximum atomic E-state index is 12.5. The molecule has 0 unspecified atom stereocenters. The smallest absolute Gasteiger partial charge is 0.251 e. The third-order valence-electron chi connectivity index (χ3n) is 5.83. The van der Waals surface area contributed by atoms with Gasteiger partial charge in [-0.05, 0) is 61.3 Å².